The number of nitrogens with two attached hydrogens (primary N) is 2. The quantitative estimate of drug-likeness (QED) is 0.223. The molecule has 0 aliphatic carbocycles. The summed E-state index contributed by atoms with van der Waals surface area (Å²) in [7, 11) is 0. The van der Waals surface area contributed by atoms with Crippen molar-refractivity contribution in [1.82, 2.24) is 6.15 Å². The van der Waals surface area contributed by atoms with E-state index in [9.17, 15) is 19.2 Å². The van der Waals surface area contributed by atoms with E-state index in [1.807, 2.05) is 0 Å². The molecule has 0 aliphatic heterocycles. The van der Waals surface area contributed by atoms with E-state index in [0.717, 1.165) is 0 Å². The van der Waals surface area contributed by atoms with E-state index < -0.39 is 67.1 Å². The maximum atomic E-state index is 10.8. The van der Waals surface area contributed by atoms with Gasteiger partial charge in [-0.15, -0.1) is 0 Å². The van der Waals surface area contributed by atoms with Gasteiger partial charge in [-0.3, -0.25) is 19.2 Å². The fraction of sp³-hybridized carbons (Fsp3) is 0.636. The standard InChI is InChI=1S/C11H18N2O8.Fe.H3N/c12-10(1-6(14)15,2-7(16)17)5-11(13,3-8(18)19)4-9(20)21;;/h1-5,12-13H2,(H,14,15)(H,16,17)(H,18,19)(H,20,21);;1H3. The fourth-order valence-electron chi connectivity index (χ4n) is 2.28. The topological polar surface area (TPSA) is 236 Å². The van der Waals surface area contributed by atoms with Crippen molar-refractivity contribution in [2.45, 2.75) is 43.2 Å². The molecule has 0 aromatic rings. The first kappa shape index (κ1) is 26.2. The molecular formula is C11H21FeN3O8. The predicted octanol–water partition coefficient (Wildman–Crippen LogP) is -1.17. The molecule has 0 saturated carbocycles. The van der Waals surface area contributed by atoms with Gasteiger partial charge in [0.25, 0.3) is 0 Å². The normalized spacial score (nSPS) is 10.9. The van der Waals surface area contributed by atoms with Crippen LogP contribution in [-0.2, 0) is 36.2 Å². The molecule has 0 spiro atoms. The van der Waals surface area contributed by atoms with Crippen molar-refractivity contribution in [2.75, 3.05) is 0 Å². The molecule has 0 radical (unpaired) electrons. The second-order valence-electron chi connectivity index (χ2n) is 5.18. The van der Waals surface area contributed by atoms with Crippen LogP contribution in [0.1, 0.15) is 32.1 Å². The van der Waals surface area contributed by atoms with Crippen LogP contribution in [0.25, 0.3) is 0 Å². The summed E-state index contributed by atoms with van der Waals surface area (Å²) in [6.07, 6.45) is -3.69. The molecule has 0 unspecified atom stereocenters. The first-order valence-corrected chi connectivity index (χ1v) is 5.82. The average molecular weight is 379 g/mol. The van der Waals surface area contributed by atoms with Crippen LogP contribution in [0.4, 0.5) is 0 Å². The van der Waals surface area contributed by atoms with E-state index in [2.05, 4.69) is 0 Å². The molecule has 0 aromatic carbocycles. The zero-order chi connectivity index (χ0) is 16.8. The summed E-state index contributed by atoms with van der Waals surface area (Å²) in [6.45, 7) is 0. The largest absolute Gasteiger partial charge is 0.481 e. The molecule has 11 nitrogen and oxygen atoms in total. The zero-order valence-electron chi connectivity index (χ0n) is 12.2. The van der Waals surface area contributed by atoms with E-state index in [-0.39, 0.29) is 23.2 Å². The summed E-state index contributed by atoms with van der Waals surface area (Å²) < 4.78 is 0. The molecule has 0 rings (SSSR count). The van der Waals surface area contributed by atoms with Crippen LogP contribution in [-0.4, -0.2) is 55.4 Å². The van der Waals surface area contributed by atoms with Gasteiger partial charge in [-0.25, -0.2) is 0 Å². The maximum Gasteiger partial charge on any atom is 0.305 e. The van der Waals surface area contributed by atoms with Gasteiger partial charge < -0.3 is 38.0 Å². The smallest absolute Gasteiger partial charge is 0.305 e. The third-order valence-electron chi connectivity index (χ3n) is 2.72. The van der Waals surface area contributed by atoms with Crippen molar-refractivity contribution >= 4 is 23.9 Å². The Kier molecular flexibility index (Phi) is 11.5. The summed E-state index contributed by atoms with van der Waals surface area (Å²) in [5.74, 6) is -5.59. The van der Waals surface area contributed by atoms with E-state index in [1.165, 1.54) is 0 Å². The molecule has 0 heterocycles. The van der Waals surface area contributed by atoms with Crippen LogP contribution in [0.15, 0.2) is 0 Å². The number of aliphatic carboxylic acids is 4. The Bertz CT molecular complexity index is 385. The summed E-state index contributed by atoms with van der Waals surface area (Å²) in [5, 5.41) is 35.1. The Hall–Kier alpha value is -1.72. The van der Waals surface area contributed by atoms with Crippen LogP contribution in [0.3, 0.4) is 0 Å². The Morgan fingerprint density at radius 1 is 0.652 bits per heavy atom. The second-order valence-corrected chi connectivity index (χ2v) is 5.18. The van der Waals surface area contributed by atoms with Crippen LogP contribution in [0, 0.1) is 0 Å². The van der Waals surface area contributed by atoms with Crippen LogP contribution >= 0.6 is 0 Å². The van der Waals surface area contributed by atoms with Gasteiger partial charge in [0.05, 0.1) is 25.7 Å². The summed E-state index contributed by atoms with van der Waals surface area (Å²) >= 11 is 0. The average Bonchev–Trinajstić information content (AvgIpc) is 2.07. The minimum Gasteiger partial charge on any atom is -0.481 e. The molecule has 0 aliphatic rings. The van der Waals surface area contributed by atoms with Crippen molar-refractivity contribution in [3.63, 3.8) is 0 Å². The molecular weight excluding hydrogens is 358 g/mol. The predicted molar refractivity (Wildman–Crippen MR) is 72.5 cm³/mol. The molecule has 0 saturated heterocycles. The summed E-state index contributed by atoms with van der Waals surface area (Å²) in [6, 6.07) is 0. The van der Waals surface area contributed by atoms with E-state index in [1.54, 1.807) is 0 Å². The van der Waals surface area contributed by atoms with Gasteiger partial charge in [0, 0.05) is 28.1 Å². The number of hydrogen-bond acceptors (Lipinski definition) is 7. The first-order chi connectivity index (χ1) is 9.37. The van der Waals surface area contributed by atoms with Crippen molar-refractivity contribution in [3.05, 3.63) is 0 Å². The van der Waals surface area contributed by atoms with Gasteiger partial charge in [-0.05, 0) is 6.42 Å². The van der Waals surface area contributed by atoms with E-state index in [4.69, 9.17) is 31.9 Å². The molecule has 23 heavy (non-hydrogen) atoms. The van der Waals surface area contributed by atoms with Crippen molar-refractivity contribution < 1.29 is 56.7 Å². The van der Waals surface area contributed by atoms with Crippen LogP contribution < -0.4 is 17.6 Å². The molecule has 0 bridgehead atoms. The number of carboxylic acid groups (broad SMARTS) is 4. The van der Waals surface area contributed by atoms with Gasteiger partial charge in [0.2, 0.25) is 0 Å². The molecule has 136 valence electrons. The van der Waals surface area contributed by atoms with Gasteiger partial charge in [0.1, 0.15) is 0 Å². The van der Waals surface area contributed by atoms with Crippen molar-refractivity contribution in [2.24, 2.45) is 11.5 Å². The first-order valence-electron chi connectivity index (χ1n) is 5.82. The van der Waals surface area contributed by atoms with E-state index in [0.29, 0.717) is 0 Å². The number of carboxylic acids is 4. The minimum absolute atomic E-state index is 0. The SMILES string of the molecule is N.NC(CC(=O)O)(CC(=O)O)CC(N)(CC(=O)O)CC(=O)O.[Fe]. The second kappa shape index (κ2) is 10.1. The van der Waals surface area contributed by atoms with Gasteiger partial charge in [-0.2, -0.15) is 0 Å². The summed E-state index contributed by atoms with van der Waals surface area (Å²) in [5.41, 5.74) is 7.72. The summed E-state index contributed by atoms with van der Waals surface area (Å²) in [4.78, 5) is 43.1. The van der Waals surface area contributed by atoms with Crippen LogP contribution in [0.5, 0.6) is 0 Å². The Morgan fingerprint density at radius 2 is 0.826 bits per heavy atom. The number of carbonyl (C=O) groups is 4. The minimum atomic E-state index is -1.85. The van der Waals surface area contributed by atoms with Crippen LogP contribution in [0.2, 0.25) is 0 Å². The molecule has 0 aromatic heterocycles. The third kappa shape index (κ3) is 11.5. The van der Waals surface area contributed by atoms with Gasteiger partial charge >= 0.3 is 23.9 Å². The third-order valence-corrected chi connectivity index (χ3v) is 2.72. The molecule has 0 amide bonds. The Morgan fingerprint density at radius 3 is 0.957 bits per heavy atom. The molecule has 12 heteroatoms. The van der Waals surface area contributed by atoms with Gasteiger partial charge in [0.15, 0.2) is 0 Å². The van der Waals surface area contributed by atoms with Gasteiger partial charge in [-0.1, -0.05) is 0 Å². The van der Waals surface area contributed by atoms with E-state index >= 15 is 0 Å². The van der Waals surface area contributed by atoms with Crippen molar-refractivity contribution in [1.29, 1.82) is 0 Å². The number of rotatable bonds is 10. The Balaban J connectivity index is -0.00000200. The zero-order valence-corrected chi connectivity index (χ0v) is 13.3. The Labute approximate surface area is 142 Å². The maximum absolute atomic E-state index is 10.8. The fourth-order valence-corrected chi connectivity index (χ4v) is 2.28. The molecule has 0 atom stereocenters. The molecule has 0 fully saturated rings. The number of hydrogen-bond donors (Lipinski definition) is 7. The molecule has 11 N–H and O–H groups in total. The van der Waals surface area contributed by atoms with Crippen molar-refractivity contribution in [3.8, 4) is 0 Å². The monoisotopic (exact) mass is 379 g/mol.